The molecule has 0 saturated carbocycles. The average Bonchev–Trinajstić information content (AvgIpc) is 2.87. The summed E-state index contributed by atoms with van der Waals surface area (Å²) in [6.45, 7) is 0. The van der Waals surface area contributed by atoms with Crippen LogP contribution in [0.2, 0.25) is 0 Å². The molecule has 0 aromatic rings. The van der Waals surface area contributed by atoms with E-state index in [4.69, 9.17) is 0 Å². The van der Waals surface area contributed by atoms with Crippen molar-refractivity contribution in [2.45, 2.75) is 103 Å². The summed E-state index contributed by atoms with van der Waals surface area (Å²) in [5.41, 5.74) is 0. The number of ether oxygens (including phenoxy) is 5. The Morgan fingerprint density at radius 3 is 0.614 bits per heavy atom. The van der Waals surface area contributed by atoms with Crippen LogP contribution in [0.1, 0.15) is 0 Å². The van der Waals surface area contributed by atoms with Gasteiger partial charge in [-0.1, -0.05) is 0 Å². The predicted octanol–water partition coefficient (Wildman–Crippen LogP) is 11.0. The Morgan fingerprint density at radius 1 is 0.246 bits per heavy atom. The summed E-state index contributed by atoms with van der Waals surface area (Å²) in [5.74, 6) is -45.6. The summed E-state index contributed by atoms with van der Waals surface area (Å²) in [6, 6.07) is 0. The lowest BCUT2D eigenvalue weighted by Crippen LogP contribution is -2.72. The zero-order chi connectivity index (χ0) is 47.1. The maximum absolute atomic E-state index is 14.5. The Morgan fingerprint density at radius 2 is 0.439 bits per heavy atom. The van der Waals surface area contributed by atoms with E-state index in [0.29, 0.717) is 9.47 Å². The monoisotopic (exact) mass is 950 g/mol. The van der Waals surface area contributed by atoms with Crippen LogP contribution in [0.4, 0.5) is 154 Å². The highest BCUT2D eigenvalue weighted by Crippen LogP contribution is 2.62. The van der Waals surface area contributed by atoms with E-state index in [9.17, 15) is 154 Å². The molecule has 0 aromatic heterocycles. The maximum atomic E-state index is 14.5. The van der Waals surface area contributed by atoms with Gasteiger partial charge >= 0.3 is 96.9 Å². The molecular weight excluding hydrogens is 949 g/mol. The topological polar surface area (TPSA) is 46.2 Å². The van der Waals surface area contributed by atoms with Gasteiger partial charge < -0.3 is 0 Å². The Bertz CT molecular complexity index is 1380. The minimum absolute atomic E-state index is 0.705. The van der Waals surface area contributed by atoms with Crippen molar-refractivity contribution in [1.29, 1.82) is 0 Å². The third-order valence-electron chi connectivity index (χ3n) is 5.26. The molecule has 5 nitrogen and oxygen atoms in total. The number of alkyl halides is 35. The average molecular weight is 950 g/mol. The zero-order valence-electron chi connectivity index (χ0n) is 23.8. The molecule has 0 saturated heterocycles. The van der Waals surface area contributed by atoms with Gasteiger partial charge in [0.15, 0.2) is 0 Å². The first-order valence-electron chi connectivity index (χ1n) is 11.5. The van der Waals surface area contributed by atoms with Gasteiger partial charge in [0.05, 0.1) is 0 Å². The van der Waals surface area contributed by atoms with Gasteiger partial charge in [0.1, 0.15) is 0 Å². The smallest absolute Gasteiger partial charge is 0.272 e. The lowest BCUT2D eigenvalue weighted by molar-refractivity contribution is -0.599. The van der Waals surface area contributed by atoms with E-state index in [1.54, 1.807) is 0 Å². The molecular formula is C17HF35O5. The summed E-state index contributed by atoms with van der Waals surface area (Å²) < 4.78 is 467. The molecule has 5 atom stereocenters. The highest BCUT2D eigenvalue weighted by Gasteiger charge is 2.91. The fourth-order valence-electron chi connectivity index (χ4n) is 2.53. The second kappa shape index (κ2) is 14.2. The van der Waals surface area contributed by atoms with Gasteiger partial charge in [0, 0.05) is 0 Å². The molecule has 0 spiro atoms. The highest BCUT2D eigenvalue weighted by atomic mass is 19.5. The Balaban J connectivity index is 7.87. The van der Waals surface area contributed by atoms with Crippen LogP contribution in [0.25, 0.3) is 0 Å². The van der Waals surface area contributed by atoms with Crippen molar-refractivity contribution >= 4 is 0 Å². The van der Waals surface area contributed by atoms with Crippen LogP contribution in [0.3, 0.4) is 0 Å². The number of rotatable bonds is 15. The van der Waals surface area contributed by atoms with Gasteiger partial charge in [-0.2, -0.15) is 149 Å². The van der Waals surface area contributed by atoms with Crippen LogP contribution in [0, 0.1) is 0 Å². The molecule has 0 unspecified atom stereocenters. The van der Waals surface area contributed by atoms with Crippen LogP contribution in [-0.2, 0) is 23.7 Å². The molecule has 0 bridgehead atoms. The second-order valence-corrected chi connectivity index (χ2v) is 9.41. The number of hydrogen-bond acceptors (Lipinski definition) is 5. The molecule has 0 heterocycles. The van der Waals surface area contributed by atoms with Crippen LogP contribution in [0.15, 0.2) is 0 Å². The number of halogens is 35. The largest absolute Gasteiger partial charge is 0.462 e. The van der Waals surface area contributed by atoms with E-state index in [-0.39, 0.29) is 0 Å². The second-order valence-electron chi connectivity index (χ2n) is 9.41. The third-order valence-corrected chi connectivity index (χ3v) is 5.26. The Kier molecular flexibility index (Phi) is 13.6. The van der Waals surface area contributed by atoms with Crippen molar-refractivity contribution in [3.8, 4) is 0 Å². The molecule has 40 heteroatoms. The first-order valence-corrected chi connectivity index (χ1v) is 11.5. The van der Waals surface area contributed by atoms with Crippen LogP contribution < -0.4 is 0 Å². The molecule has 0 rings (SSSR count). The van der Waals surface area contributed by atoms with Gasteiger partial charge in [-0.15, -0.1) is 0 Å². The van der Waals surface area contributed by atoms with E-state index in [1.807, 2.05) is 0 Å². The first-order chi connectivity index (χ1) is 24.0. The van der Waals surface area contributed by atoms with Crippen molar-refractivity contribution in [2.24, 2.45) is 0 Å². The van der Waals surface area contributed by atoms with E-state index in [2.05, 4.69) is 0 Å². The van der Waals surface area contributed by atoms with Crippen molar-refractivity contribution in [2.75, 3.05) is 0 Å². The minimum Gasteiger partial charge on any atom is -0.272 e. The van der Waals surface area contributed by atoms with Gasteiger partial charge in [-0.3, -0.25) is 23.7 Å². The summed E-state index contributed by atoms with van der Waals surface area (Å²) in [6.07, 6.45) is -103. The van der Waals surface area contributed by atoms with Gasteiger partial charge in [-0.05, 0) is 0 Å². The molecule has 0 aliphatic rings. The fourth-order valence-corrected chi connectivity index (χ4v) is 2.53. The highest BCUT2D eigenvalue weighted by molar-refractivity contribution is 5.00. The zero-order valence-corrected chi connectivity index (χ0v) is 23.8. The molecule has 0 aliphatic carbocycles. The lowest BCUT2D eigenvalue weighted by Gasteiger charge is -2.44. The molecule has 0 aliphatic heterocycles. The minimum atomic E-state index is -9.53. The third kappa shape index (κ3) is 9.40. The Labute approximate surface area is 282 Å². The molecule has 0 N–H and O–H groups in total. The van der Waals surface area contributed by atoms with Crippen LogP contribution >= 0.6 is 0 Å². The Hall–Kier alpha value is -2.65. The number of hydrogen-bond donors (Lipinski definition) is 0. The molecule has 0 amide bonds. The van der Waals surface area contributed by atoms with Crippen molar-refractivity contribution in [3.63, 3.8) is 0 Å². The summed E-state index contributed by atoms with van der Waals surface area (Å²) in [4.78, 5) is 0. The molecule has 0 aromatic carbocycles. The molecule has 57 heavy (non-hydrogen) atoms. The van der Waals surface area contributed by atoms with Gasteiger partial charge in [0.2, 0.25) is 0 Å². The molecule has 344 valence electrons. The summed E-state index contributed by atoms with van der Waals surface area (Å²) in [7, 11) is 0. The summed E-state index contributed by atoms with van der Waals surface area (Å²) in [5, 5.41) is 0. The summed E-state index contributed by atoms with van der Waals surface area (Å²) >= 11 is 0. The molecule has 0 radical (unpaired) electrons. The standard InChI is InChI=1S/C17HF35O5/c18-1(2(19,20)21)53-14(45,46)4(24,9(31,32)33)55-16(49,50)6(26,11(37,38)39)57-17(51,52)7(27,12(40,41)42)56-15(47,48)5(25,10(34,35)36)54-13(43,44)3(22,23)8(28,29)30/h1H/t1-,4+,5+,6+,7+/m1/s1. The lowest BCUT2D eigenvalue weighted by atomic mass is 10.2. The van der Waals surface area contributed by atoms with Gasteiger partial charge in [-0.25, -0.2) is 4.39 Å². The van der Waals surface area contributed by atoms with E-state index in [1.165, 1.54) is 4.74 Å². The van der Waals surface area contributed by atoms with E-state index in [0.717, 1.165) is 9.47 Å². The SMILES string of the molecule is F[C@H](OC(F)(F)[C@@](F)(OC(F)(F)[C@@](F)(OC(F)(F)[C@@](F)(OC(F)(F)[C@@](F)(OC(F)(F)C(F)(F)C(F)(F)F)C(F)(F)F)C(F)(F)F)C(F)(F)F)C(F)(F)F)C(F)(F)F. The molecule has 0 fully saturated rings. The van der Waals surface area contributed by atoms with Crippen molar-refractivity contribution < 1.29 is 177 Å². The van der Waals surface area contributed by atoms with Crippen molar-refractivity contribution in [3.05, 3.63) is 0 Å². The first kappa shape index (κ1) is 54.3. The normalized spacial score (nSPS) is 20.7. The maximum Gasteiger partial charge on any atom is 0.462 e. The van der Waals surface area contributed by atoms with Crippen molar-refractivity contribution in [1.82, 2.24) is 0 Å². The van der Waals surface area contributed by atoms with Crippen LogP contribution in [0.5, 0.6) is 0 Å². The predicted molar refractivity (Wildman–Crippen MR) is 91.7 cm³/mol. The van der Waals surface area contributed by atoms with Gasteiger partial charge in [0.25, 0.3) is 6.36 Å². The van der Waals surface area contributed by atoms with E-state index < -0.39 is 103 Å². The quantitative estimate of drug-likeness (QED) is 0.153. The van der Waals surface area contributed by atoms with E-state index >= 15 is 0 Å². The van der Waals surface area contributed by atoms with Crippen LogP contribution in [-0.4, -0.2) is 103 Å². The fraction of sp³-hybridized carbons (Fsp3) is 1.00.